The average Bonchev–Trinajstić information content (AvgIpc) is 2.58. The Hall–Kier alpha value is -1.09. The summed E-state index contributed by atoms with van der Waals surface area (Å²) >= 11 is 0. The molecule has 1 aromatic carbocycles. The number of hydrogen-bond acceptors (Lipinski definition) is 2. The van der Waals surface area contributed by atoms with Crippen LogP contribution in [0, 0.1) is 11.7 Å². The Balaban J connectivity index is 2.07. The third kappa shape index (κ3) is 2.48. The molecule has 2 rings (SSSR count). The number of nitrogens with zero attached hydrogens (tertiary/aromatic N) is 1. The van der Waals surface area contributed by atoms with E-state index in [1.54, 1.807) is 12.1 Å². The topological polar surface area (TPSA) is 29.3 Å². The van der Waals surface area contributed by atoms with Gasteiger partial charge in [0.05, 0.1) is 0 Å². The fourth-order valence-electron chi connectivity index (χ4n) is 2.12. The molecule has 3 heteroatoms. The molecule has 82 valence electrons. The van der Waals surface area contributed by atoms with Gasteiger partial charge in [-0.05, 0) is 42.6 Å². The largest absolute Gasteiger partial charge is 0.398 e. The van der Waals surface area contributed by atoms with E-state index in [0.29, 0.717) is 5.69 Å². The molecule has 15 heavy (non-hydrogen) atoms. The first-order valence-electron chi connectivity index (χ1n) is 5.41. The fourth-order valence-corrected chi connectivity index (χ4v) is 2.12. The molecule has 0 radical (unpaired) electrons. The van der Waals surface area contributed by atoms with Crippen LogP contribution in [-0.2, 0) is 6.54 Å². The molecule has 1 unspecified atom stereocenters. The van der Waals surface area contributed by atoms with Gasteiger partial charge < -0.3 is 5.73 Å². The van der Waals surface area contributed by atoms with Gasteiger partial charge in [-0.1, -0.05) is 6.92 Å². The fraction of sp³-hybridized carbons (Fsp3) is 0.500. The van der Waals surface area contributed by atoms with Crippen LogP contribution >= 0.6 is 0 Å². The molecule has 1 aliphatic heterocycles. The second kappa shape index (κ2) is 4.19. The summed E-state index contributed by atoms with van der Waals surface area (Å²) in [6.07, 6.45) is 1.23. The van der Waals surface area contributed by atoms with Crippen molar-refractivity contribution in [3.8, 4) is 0 Å². The number of anilines is 1. The van der Waals surface area contributed by atoms with Gasteiger partial charge in [-0.25, -0.2) is 4.39 Å². The van der Waals surface area contributed by atoms with Crippen molar-refractivity contribution in [2.45, 2.75) is 19.9 Å². The smallest absolute Gasteiger partial charge is 0.123 e. The first-order valence-corrected chi connectivity index (χ1v) is 5.41. The Morgan fingerprint density at radius 2 is 2.33 bits per heavy atom. The number of rotatable bonds is 2. The lowest BCUT2D eigenvalue weighted by atomic mass is 10.1. The van der Waals surface area contributed by atoms with Crippen LogP contribution < -0.4 is 5.73 Å². The maximum atomic E-state index is 13.0. The van der Waals surface area contributed by atoms with E-state index in [4.69, 9.17) is 5.73 Å². The average molecular weight is 208 g/mol. The molecule has 0 spiro atoms. The minimum absolute atomic E-state index is 0.202. The van der Waals surface area contributed by atoms with Crippen LogP contribution in [-0.4, -0.2) is 18.0 Å². The molecular formula is C12H17FN2. The maximum absolute atomic E-state index is 13.0. The highest BCUT2D eigenvalue weighted by atomic mass is 19.1. The van der Waals surface area contributed by atoms with Gasteiger partial charge in [0, 0.05) is 18.8 Å². The summed E-state index contributed by atoms with van der Waals surface area (Å²) in [4.78, 5) is 2.33. The summed E-state index contributed by atoms with van der Waals surface area (Å²) in [6.45, 7) is 5.20. The van der Waals surface area contributed by atoms with Crippen molar-refractivity contribution in [3.05, 3.63) is 29.6 Å². The SMILES string of the molecule is CC1CCN(Cc2cc(F)ccc2N)C1. The predicted molar refractivity (Wildman–Crippen MR) is 59.9 cm³/mol. The van der Waals surface area contributed by atoms with Crippen LogP contribution in [0.25, 0.3) is 0 Å². The molecular weight excluding hydrogens is 191 g/mol. The number of nitrogen functional groups attached to an aromatic ring is 1. The van der Waals surface area contributed by atoms with Crippen LogP contribution in [0.2, 0.25) is 0 Å². The van der Waals surface area contributed by atoms with Crippen molar-refractivity contribution in [2.24, 2.45) is 5.92 Å². The molecule has 1 aromatic rings. The molecule has 0 amide bonds. The molecule has 1 fully saturated rings. The number of halogens is 1. The maximum Gasteiger partial charge on any atom is 0.123 e. The van der Waals surface area contributed by atoms with E-state index < -0.39 is 0 Å². The zero-order valence-electron chi connectivity index (χ0n) is 9.04. The van der Waals surface area contributed by atoms with E-state index in [9.17, 15) is 4.39 Å². The summed E-state index contributed by atoms with van der Waals surface area (Å²) in [5.41, 5.74) is 7.41. The van der Waals surface area contributed by atoms with E-state index in [-0.39, 0.29) is 5.82 Å². The Morgan fingerprint density at radius 1 is 1.53 bits per heavy atom. The summed E-state index contributed by atoms with van der Waals surface area (Å²) in [7, 11) is 0. The zero-order valence-corrected chi connectivity index (χ0v) is 9.04. The number of likely N-dealkylation sites (tertiary alicyclic amines) is 1. The van der Waals surface area contributed by atoms with E-state index >= 15 is 0 Å². The Bertz CT molecular complexity index is 351. The van der Waals surface area contributed by atoms with Crippen LogP contribution in [0.1, 0.15) is 18.9 Å². The van der Waals surface area contributed by atoms with Gasteiger partial charge >= 0.3 is 0 Å². The van der Waals surface area contributed by atoms with Crippen LogP contribution in [0.5, 0.6) is 0 Å². The molecule has 1 atom stereocenters. The lowest BCUT2D eigenvalue weighted by Crippen LogP contribution is -2.20. The van der Waals surface area contributed by atoms with E-state index in [1.807, 2.05) is 0 Å². The van der Waals surface area contributed by atoms with Gasteiger partial charge in [0.15, 0.2) is 0 Å². The number of nitrogens with two attached hydrogens (primary N) is 1. The zero-order chi connectivity index (χ0) is 10.8. The third-order valence-electron chi connectivity index (χ3n) is 3.01. The van der Waals surface area contributed by atoms with E-state index in [2.05, 4.69) is 11.8 Å². The number of hydrogen-bond donors (Lipinski definition) is 1. The Morgan fingerprint density at radius 3 is 3.00 bits per heavy atom. The van der Waals surface area contributed by atoms with Crippen molar-refractivity contribution in [1.82, 2.24) is 4.90 Å². The molecule has 1 saturated heterocycles. The van der Waals surface area contributed by atoms with E-state index in [0.717, 1.165) is 31.1 Å². The van der Waals surface area contributed by atoms with Crippen LogP contribution in [0.4, 0.5) is 10.1 Å². The van der Waals surface area contributed by atoms with Crippen LogP contribution in [0.15, 0.2) is 18.2 Å². The molecule has 0 bridgehead atoms. The summed E-state index contributed by atoms with van der Waals surface area (Å²) < 4.78 is 13.0. The van der Waals surface area contributed by atoms with Gasteiger partial charge in [0.2, 0.25) is 0 Å². The van der Waals surface area contributed by atoms with Gasteiger partial charge in [-0.3, -0.25) is 4.90 Å². The first-order chi connectivity index (χ1) is 7.15. The molecule has 2 nitrogen and oxygen atoms in total. The number of benzene rings is 1. The van der Waals surface area contributed by atoms with Crippen molar-refractivity contribution in [2.75, 3.05) is 18.8 Å². The van der Waals surface area contributed by atoms with E-state index in [1.165, 1.54) is 12.5 Å². The molecule has 0 saturated carbocycles. The van der Waals surface area contributed by atoms with Crippen molar-refractivity contribution in [3.63, 3.8) is 0 Å². The van der Waals surface area contributed by atoms with Crippen molar-refractivity contribution in [1.29, 1.82) is 0 Å². The van der Waals surface area contributed by atoms with Gasteiger partial charge in [0.1, 0.15) is 5.82 Å². The highest BCUT2D eigenvalue weighted by Gasteiger charge is 2.19. The monoisotopic (exact) mass is 208 g/mol. The van der Waals surface area contributed by atoms with Gasteiger partial charge in [0.25, 0.3) is 0 Å². The lowest BCUT2D eigenvalue weighted by Gasteiger charge is -2.16. The van der Waals surface area contributed by atoms with Gasteiger partial charge in [-0.2, -0.15) is 0 Å². The highest BCUT2D eigenvalue weighted by molar-refractivity contribution is 5.46. The minimum Gasteiger partial charge on any atom is -0.398 e. The Labute approximate surface area is 89.9 Å². The van der Waals surface area contributed by atoms with Gasteiger partial charge in [-0.15, -0.1) is 0 Å². The van der Waals surface area contributed by atoms with Crippen LogP contribution in [0.3, 0.4) is 0 Å². The summed E-state index contributed by atoms with van der Waals surface area (Å²) in [5, 5.41) is 0. The molecule has 1 aliphatic rings. The standard InChI is InChI=1S/C12H17FN2/c1-9-4-5-15(7-9)8-10-6-11(13)2-3-12(10)14/h2-3,6,9H,4-5,7-8,14H2,1H3. The third-order valence-corrected chi connectivity index (χ3v) is 3.01. The predicted octanol–water partition coefficient (Wildman–Crippen LogP) is 2.25. The minimum atomic E-state index is -0.202. The molecule has 2 N–H and O–H groups in total. The second-order valence-corrected chi connectivity index (χ2v) is 4.47. The Kier molecular flexibility index (Phi) is 2.91. The molecule has 0 aliphatic carbocycles. The van der Waals surface area contributed by atoms with Crippen molar-refractivity contribution >= 4 is 5.69 Å². The second-order valence-electron chi connectivity index (χ2n) is 4.47. The highest BCUT2D eigenvalue weighted by Crippen LogP contribution is 2.21. The first kappa shape index (κ1) is 10.4. The normalized spacial score (nSPS) is 22.1. The molecule has 1 heterocycles. The van der Waals surface area contributed by atoms with Crippen molar-refractivity contribution < 1.29 is 4.39 Å². The summed E-state index contributed by atoms with van der Waals surface area (Å²) in [5.74, 6) is 0.547. The quantitative estimate of drug-likeness (QED) is 0.755. The molecule has 0 aromatic heterocycles. The lowest BCUT2D eigenvalue weighted by molar-refractivity contribution is 0.320. The summed E-state index contributed by atoms with van der Waals surface area (Å²) in [6, 6.07) is 4.59.